The largest absolute Gasteiger partial charge is 0.456 e. The summed E-state index contributed by atoms with van der Waals surface area (Å²) in [5.74, 6) is 2.65. The summed E-state index contributed by atoms with van der Waals surface area (Å²) in [5, 5.41) is 0. The zero-order valence-electron chi connectivity index (χ0n) is 18.9. The zero-order chi connectivity index (χ0) is 22.3. The Morgan fingerprint density at radius 3 is 1.85 bits per heavy atom. The molecule has 5 nitrogen and oxygen atoms in total. The van der Waals surface area contributed by atoms with Crippen LogP contribution in [0.2, 0.25) is 0 Å². The Hall–Kier alpha value is -3.47. The highest BCUT2D eigenvalue weighted by Crippen LogP contribution is 2.57. The van der Waals surface area contributed by atoms with Gasteiger partial charge in [0.2, 0.25) is 0 Å². The fourth-order valence-electron chi connectivity index (χ4n) is 5.87. The quantitative estimate of drug-likeness (QED) is 0.517. The van der Waals surface area contributed by atoms with Crippen molar-refractivity contribution in [2.24, 2.45) is 11.8 Å². The first-order valence-corrected chi connectivity index (χ1v) is 11.8. The summed E-state index contributed by atoms with van der Waals surface area (Å²) in [4.78, 5) is 17.7. The molecule has 4 heterocycles. The van der Waals surface area contributed by atoms with Crippen LogP contribution in [0.25, 0.3) is 0 Å². The van der Waals surface area contributed by atoms with Crippen LogP contribution in [0.15, 0.2) is 60.7 Å². The van der Waals surface area contributed by atoms with E-state index in [2.05, 4.69) is 60.0 Å². The number of hydrogen-bond donors (Lipinski definition) is 0. The molecule has 0 atom stereocenters. The maximum atomic E-state index is 13.0. The first-order chi connectivity index (χ1) is 16.0. The van der Waals surface area contributed by atoms with E-state index in [4.69, 9.17) is 9.47 Å². The van der Waals surface area contributed by atoms with Crippen LogP contribution < -0.4 is 14.5 Å². The summed E-state index contributed by atoms with van der Waals surface area (Å²) in [5.41, 5.74) is 4.59. The van der Waals surface area contributed by atoms with Gasteiger partial charge in [-0.3, -0.25) is 0 Å². The number of anilines is 2. The Balaban J connectivity index is 1.42. The summed E-state index contributed by atoms with van der Waals surface area (Å²) in [7, 11) is 0. The van der Waals surface area contributed by atoms with Gasteiger partial charge >= 0.3 is 5.97 Å². The van der Waals surface area contributed by atoms with Crippen LogP contribution in [-0.4, -0.2) is 32.1 Å². The maximum Gasteiger partial charge on any atom is 0.340 e. The Kier molecular flexibility index (Phi) is 3.77. The number of benzene rings is 3. The monoisotopic (exact) mass is 438 g/mol. The van der Waals surface area contributed by atoms with Crippen LogP contribution in [0.4, 0.5) is 11.4 Å². The summed E-state index contributed by atoms with van der Waals surface area (Å²) < 4.78 is 12.8. The molecule has 7 rings (SSSR count). The Morgan fingerprint density at radius 1 is 0.758 bits per heavy atom. The first kappa shape index (κ1) is 19.0. The predicted molar refractivity (Wildman–Crippen MR) is 127 cm³/mol. The number of carbonyl (C=O) groups excluding carboxylic acids is 1. The lowest BCUT2D eigenvalue weighted by Gasteiger charge is -2.42. The van der Waals surface area contributed by atoms with Crippen molar-refractivity contribution >= 4 is 17.3 Å². The molecule has 4 aliphatic heterocycles. The van der Waals surface area contributed by atoms with E-state index < -0.39 is 5.60 Å². The molecule has 33 heavy (non-hydrogen) atoms. The zero-order valence-corrected chi connectivity index (χ0v) is 18.9. The minimum atomic E-state index is -0.988. The topological polar surface area (TPSA) is 42.0 Å². The van der Waals surface area contributed by atoms with Crippen LogP contribution in [0.3, 0.4) is 0 Å². The summed E-state index contributed by atoms with van der Waals surface area (Å²) in [6.45, 7) is 8.74. The smallest absolute Gasteiger partial charge is 0.340 e. The lowest BCUT2D eigenvalue weighted by molar-refractivity contribution is 0.0224. The van der Waals surface area contributed by atoms with Crippen molar-refractivity contribution in [2.75, 3.05) is 36.0 Å². The number of fused-ring (bicyclic) bond motifs is 6. The van der Waals surface area contributed by atoms with Crippen molar-refractivity contribution in [2.45, 2.75) is 19.4 Å². The van der Waals surface area contributed by atoms with Crippen molar-refractivity contribution in [3.63, 3.8) is 0 Å². The second-order valence-corrected chi connectivity index (χ2v) is 10.1. The van der Waals surface area contributed by atoms with Gasteiger partial charge in [0.05, 0.1) is 5.56 Å². The molecule has 0 bridgehead atoms. The lowest BCUT2D eigenvalue weighted by atomic mass is 9.77. The third kappa shape index (κ3) is 2.56. The molecule has 3 aromatic carbocycles. The minimum Gasteiger partial charge on any atom is -0.456 e. The molecule has 0 saturated carbocycles. The van der Waals surface area contributed by atoms with Crippen LogP contribution in [-0.2, 0) is 10.3 Å². The third-order valence-corrected chi connectivity index (χ3v) is 7.54. The van der Waals surface area contributed by atoms with E-state index in [1.165, 1.54) is 0 Å². The van der Waals surface area contributed by atoms with Gasteiger partial charge < -0.3 is 19.3 Å². The van der Waals surface area contributed by atoms with Gasteiger partial charge in [-0.25, -0.2) is 4.79 Å². The van der Waals surface area contributed by atoms with Crippen molar-refractivity contribution in [1.82, 2.24) is 0 Å². The normalized spacial score (nSPS) is 20.4. The van der Waals surface area contributed by atoms with E-state index >= 15 is 0 Å². The molecule has 0 aromatic heterocycles. The molecule has 3 aromatic rings. The van der Waals surface area contributed by atoms with Crippen molar-refractivity contribution < 1.29 is 14.3 Å². The fraction of sp³-hybridized carbons (Fsp3) is 0.321. The molecular formula is C28H26N2O3. The number of esters is 1. The van der Waals surface area contributed by atoms with E-state index in [0.29, 0.717) is 17.4 Å². The van der Waals surface area contributed by atoms with E-state index in [1.807, 2.05) is 24.3 Å². The molecule has 5 heteroatoms. The van der Waals surface area contributed by atoms with Gasteiger partial charge in [0, 0.05) is 66.4 Å². The minimum absolute atomic E-state index is 0.286. The van der Waals surface area contributed by atoms with Crippen molar-refractivity contribution in [3.8, 4) is 11.5 Å². The van der Waals surface area contributed by atoms with Gasteiger partial charge in [0.1, 0.15) is 11.5 Å². The van der Waals surface area contributed by atoms with Crippen molar-refractivity contribution in [3.05, 3.63) is 82.9 Å². The Bertz CT molecular complexity index is 1240. The highest BCUT2D eigenvalue weighted by Gasteiger charge is 2.53. The van der Waals surface area contributed by atoms with E-state index in [-0.39, 0.29) is 5.97 Å². The standard InChI is InChI=1S/C28H26N2O3/c1-17-13-29(14-17)19-7-9-23-25(11-19)32-26-12-20(30-15-18(2)16-30)8-10-24(26)28(23)22-6-4-3-5-21(22)27(31)33-28/h3-12,17-18H,13-16H2,1-2H3. The van der Waals surface area contributed by atoms with E-state index in [9.17, 15) is 4.79 Å². The number of carbonyl (C=O) groups is 1. The molecule has 166 valence electrons. The highest BCUT2D eigenvalue weighted by atomic mass is 16.6. The summed E-state index contributed by atoms with van der Waals surface area (Å²) >= 11 is 0. The molecule has 0 amide bonds. The van der Waals surface area contributed by atoms with E-state index in [0.717, 1.165) is 65.7 Å². The second kappa shape index (κ2) is 6.53. The Morgan fingerprint density at radius 2 is 1.30 bits per heavy atom. The number of rotatable bonds is 2. The van der Waals surface area contributed by atoms with Gasteiger partial charge in [0.25, 0.3) is 0 Å². The highest BCUT2D eigenvalue weighted by molar-refractivity contribution is 5.97. The van der Waals surface area contributed by atoms with Crippen LogP contribution in [0.1, 0.15) is 40.9 Å². The van der Waals surface area contributed by atoms with Crippen LogP contribution in [0.5, 0.6) is 11.5 Å². The van der Waals surface area contributed by atoms with Gasteiger partial charge in [-0.1, -0.05) is 32.0 Å². The average Bonchev–Trinajstić information content (AvgIpc) is 3.07. The SMILES string of the molecule is CC1CN(c2ccc3c(c2)Oc2cc(N4CC(C)C4)ccc2C32OC(=O)c3ccccc32)C1. The lowest BCUT2D eigenvalue weighted by Crippen LogP contribution is -2.45. The summed E-state index contributed by atoms with van der Waals surface area (Å²) in [6.07, 6.45) is 0. The van der Waals surface area contributed by atoms with Crippen molar-refractivity contribution in [1.29, 1.82) is 0 Å². The molecule has 0 N–H and O–H groups in total. The number of ether oxygens (including phenoxy) is 2. The number of nitrogens with zero attached hydrogens (tertiary/aromatic N) is 2. The molecular weight excluding hydrogens is 412 g/mol. The second-order valence-electron chi connectivity index (χ2n) is 10.1. The fourth-order valence-corrected chi connectivity index (χ4v) is 5.87. The molecule has 0 radical (unpaired) electrons. The van der Waals surface area contributed by atoms with Crippen LogP contribution in [0, 0.1) is 11.8 Å². The van der Waals surface area contributed by atoms with Crippen LogP contribution >= 0.6 is 0 Å². The van der Waals surface area contributed by atoms with Gasteiger partial charge in [-0.2, -0.15) is 0 Å². The molecule has 2 fully saturated rings. The average molecular weight is 439 g/mol. The predicted octanol–water partition coefficient (Wildman–Crippen LogP) is 5.17. The van der Waals surface area contributed by atoms with Gasteiger partial charge in [0.15, 0.2) is 5.60 Å². The number of hydrogen-bond acceptors (Lipinski definition) is 5. The molecule has 4 aliphatic rings. The third-order valence-electron chi connectivity index (χ3n) is 7.54. The van der Waals surface area contributed by atoms with E-state index in [1.54, 1.807) is 0 Å². The van der Waals surface area contributed by atoms with Gasteiger partial charge in [-0.15, -0.1) is 0 Å². The molecule has 1 spiro atoms. The Labute approximate surface area is 193 Å². The maximum absolute atomic E-state index is 13.0. The first-order valence-electron chi connectivity index (χ1n) is 11.8. The van der Waals surface area contributed by atoms with Gasteiger partial charge in [-0.05, 0) is 42.2 Å². The summed E-state index contributed by atoms with van der Waals surface area (Å²) in [6, 6.07) is 20.4. The molecule has 0 unspecified atom stereocenters. The molecule has 2 saturated heterocycles. The molecule has 0 aliphatic carbocycles.